The number of phenols is 1. The number of hydrogen-bond acceptors (Lipinski definition) is 3. The largest absolute Gasteiger partial charge is 0.508 e. The third kappa shape index (κ3) is 2.77. The Morgan fingerprint density at radius 2 is 2.05 bits per heavy atom. The first kappa shape index (κ1) is 12.9. The van der Waals surface area contributed by atoms with Crippen LogP contribution in [0.3, 0.4) is 0 Å². The van der Waals surface area contributed by atoms with Crippen molar-refractivity contribution in [3.8, 4) is 5.75 Å². The first-order valence-corrected chi connectivity index (χ1v) is 7.49. The Hall–Kier alpha value is -1.06. The van der Waals surface area contributed by atoms with Gasteiger partial charge in [0.05, 0.1) is 0 Å². The van der Waals surface area contributed by atoms with E-state index >= 15 is 0 Å². The summed E-state index contributed by atoms with van der Waals surface area (Å²) < 4.78 is 0. The molecule has 2 unspecified atom stereocenters. The molecular weight excluding hydrogens is 236 g/mol. The molecule has 0 aliphatic carbocycles. The second-order valence-electron chi connectivity index (χ2n) is 6.05. The number of hydrogen-bond donors (Lipinski definition) is 1. The molecule has 0 spiro atoms. The van der Waals surface area contributed by atoms with Crippen molar-refractivity contribution in [3.05, 3.63) is 29.8 Å². The fourth-order valence-corrected chi connectivity index (χ4v) is 3.50. The van der Waals surface area contributed by atoms with Gasteiger partial charge in [0.15, 0.2) is 0 Å². The van der Waals surface area contributed by atoms with Crippen LogP contribution < -0.4 is 0 Å². The Kier molecular flexibility index (Phi) is 3.76. The highest BCUT2D eigenvalue weighted by Gasteiger charge is 2.32. The number of piperazine rings is 1. The molecule has 19 heavy (non-hydrogen) atoms. The quantitative estimate of drug-likeness (QED) is 0.885. The molecule has 1 aromatic carbocycles. The smallest absolute Gasteiger partial charge is 0.120 e. The number of rotatable bonds is 2. The lowest BCUT2D eigenvalue weighted by molar-refractivity contribution is 0.0108. The van der Waals surface area contributed by atoms with Gasteiger partial charge < -0.3 is 5.11 Å². The maximum Gasteiger partial charge on any atom is 0.120 e. The molecule has 0 amide bonds. The Balaban J connectivity index is 1.69. The minimum absolute atomic E-state index is 0.431. The van der Waals surface area contributed by atoms with Crippen molar-refractivity contribution in [1.82, 2.24) is 9.80 Å². The van der Waals surface area contributed by atoms with Crippen LogP contribution in [0.1, 0.15) is 31.7 Å². The Morgan fingerprint density at radius 3 is 2.89 bits per heavy atom. The van der Waals surface area contributed by atoms with E-state index in [9.17, 15) is 5.11 Å². The first-order valence-electron chi connectivity index (χ1n) is 7.49. The van der Waals surface area contributed by atoms with Crippen molar-refractivity contribution >= 4 is 0 Å². The molecule has 2 aliphatic rings. The van der Waals surface area contributed by atoms with Crippen LogP contribution in [0.15, 0.2) is 24.3 Å². The van der Waals surface area contributed by atoms with Gasteiger partial charge in [-0.2, -0.15) is 0 Å². The monoisotopic (exact) mass is 260 g/mol. The summed E-state index contributed by atoms with van der Waals surface area (Å²) in [6.07, 6.45) is 4.08. The zero-order chi connectivity index (χ0) is 13.2. The van der Waals surface area contributed by atoms with Gasteiger partial charge in [-0.25, -0.2) is 0 Å². The molecule has 1 aromatic rings. The maximum atomic E-state index is 9.92. The second kappa shape index (κ2) is 5.51. The summed E-state index contributed by atoms with van der Waals surface area (Å²) in [5.41, 5.74) is 1.05. The van der Waals surface area contributed by atoms with Gasteiger partial charge in [0, 0.05) is 37.3 Å². The first-order chi connectivity index (χ1) is 9.24. The Bertz CT molecular complexity index is 435. The van der Waals surface area contributed by atoms with Gasteiger partial charge in [-0.1, -0.05) is 24.6 Å². The molecule has 3 nitrogen and oxygen atoms in total. The number of benzene rings is 1. The topological polar surface area (TPSA) is 26.7 Å². The third-order valence-corrected chi connectivity index (χ3v) is 4.68. The molecule has 2 fully saturated rings. The minimum Gasteiger partial charge on any atom is -0.508 e. The van der Waals surface area contributed by atoms with Crippen LogP contribution >= 0.6 is 0 Å². The van der Waals surface area contributed by atoms with Crippen LogP contribution in [0.4, 0.5) is 0 Å². The van der Waals surface area contributed by atoms with Crippen molar-refractivity contribution in [2.24, 2.45) is 0 Å². The zero-order valence-electron chi connectivity index (χ0n) is 11.8. The highest BCUT2D eigenvalue weighted by atomic mass is 16.3. The molecule has 2 saturated heterocycles. The summed E-state index contributed by atoms with van der Waals surface area (Å²) in [5, 5.41) is 9.92. The van der Waals surface area contributed by atoms with Crippen LogP contribution in [0, 0.1) is 0 Å². The van der Waals surface area contributed by atoms with E-state index in [4.69, 9.17) is 0 Å². The van der Waals surface area contributed by atoms with Crippen LogP contribution in [-0.2, 0) is 6.54 Å². The summed E-state index contributed by atoms with van der Waals surface area (Å²) in [6.45, 7) is 6.79. The lowest BCUT2D eigenvalue weighted by Gasteiger charge is -2.47. The average Bonchev–Trinajstić information content (AvgIpc) is 2.42. The van der Waals surface area contributed by atoms with Crippen molar-refractivity contribution in [2.75, 3.05) is 19.6 Å². The fraction of sp³-hybridized carbons (Fsp3) is 0.625. The van der Waals surface area contributed by atoms with Gasteiger partial charge in [-0.15, -0.1) is 0 Å². The number of fused-ring (bicyclic) bond motifs is 1. The predicted molar refractivity (Wildman–Crippen MR) is 77.2 cm³/mol. The highest BCUT2D eigenvalue weighted by molar-refractivity contribution is 5.31. The van der Waals surface area contributed by atoms with Crippen molar-refractivity contribution < 1.29 is 5.11 Å². The van der Waals surface area contributed by atoms with Crippen LogP contribution in [0.5, 0.6) is 5.75 Å². The summed E-state index contributed by atoms with van der Waals surface area (Å²) in [6, 6.07) is 9.04. The zero-order valence-corrected chi connectivity index (χ0v) is 11.8. The minimum atomic E-state index is 0.431. The summed E-state index contributed by atoms with van der Waals surface area (Å²) in [7, 11) is 0. The fourth-order valence-electron chi connectivity index (χ4n) is 3.50. The summed E-state index contributed by atoms with van der Waals surface area (Å²) >= 11 is 0. The second-order valence-corrected chi connectivity index (χ2v) is 6.05. The maximum absolute atomic E-state index is 9.92. The van der Waals surface area contributed by atoms with E-state index in [-0.39, 0.29) is 0 Å². The lowest BCUT2D eigenvalue weighted by atomic mass is 9.96. The molecule has 104 valence electrons. The van der Waals surface area contributed by atoms with E-state index < -0.39 is 0 Å². The predicted octanol–water partition coefficient (Wildman–Crippen LogP) is 2.45. The molecule has 3 heteroatoms. The normalized spacial score (nSPS) is 29.1. The van der Waals surface area contributed by atoms with E-state index in [2.05, 4.69) is 16.7 Å². The third-order valence-electron chi connectivity index (χ3n) is 4.68. The van der Waals surface area contributed by atoms with Gasteiger partial charge in [0.1, 0.15) is 5.75 Å². The van der Waals surface area contributed by atoms with Gasteiger partial charge >= 0.3 is 0 Å². The Labute approximate surface area is 115 Å². The molecule has 2 heterocycles. The van der Waals surface area contributed by atoms with Gasteiger partial charge in [-0.3, -0.25) is 9.80 Å². The van der Waals surface area contributed by atoms with E-state index in [0.29, 0.717) is 11.8 Å². The highest BCUT2D eigenvalue weighted by Crippen LogP contribution is 2.26. The van der Waals surface area contributed by atoms with Crippen molar-refractivity contribution in [2.45, 2.75) is 44.8 Å². The Morgan fingerprint density at radius 1 is 1.21 bits per heavy atom. The SMILES string of the molecule is CC1CN2CCCCC2CN1Cc1ccccc1O. The molecule has 0 bridgehead atoms. The molecule has 2 atom stereocenters. The molecule has 1 N–H and O–H groups in total. The molecule has 0 aromatic heterocycles. The molecule has 2 aliphatic heterocycles. The van der Waals surface area contributed by atoms with Crippen molar-refractivity contribution in [1.29, 1.82) is 0 Å². The number of aromatic hydroxyl groups is 1. The van der Waals surface area contributed by atoms with Crippen LogP contribution in [-0.4, -0.2) is 46.6 Å². The van der Waals surface area contributed by atoms with Gasteiger partial charge in [-0.05, 0) is 32.4 Å². The van der Waals surface area contributed by atoms with E-state index in [0.717, 1.165) is 24.7 Å². The molecule has 0 saturated carbocycles. The van der Waals surface area contributed by atoms with Crippen LogP contribution in [0.2, 0.25) is 0 Å². The number of nitrogens with zero attached hydrogens (tertiary/aromatic N) is 2. The van der Waals surface area contributed by atoms with E-state index in [1.165, 1.54) is 32.4 Å². The molecular formula is C16H24N2O. The number of phenolic OH excluding ortho intramolecular Hbond substituents is 1. The number of para-hydroxylation sites is 1. The van der Waals surface area contributed by atoms with E-state index in [1.54, 1.807) is 6.07 Å². The standard InChI is InChI=1S/C16H24N2O/c1-13-10-17-9-5-4-7-15(17)12-18(13)11-14-6-2-3-8-16(14)19/h2-3,6,8,13,15,19H,4-5,7,9-12H2,1H3. The van der Waals surface area contributed by atoms with E-state index in [1.807, 2.05) is 18.2 Å². The number of piperidine rings is 1. The summed E-state index contributed by atoms with van der Waals surface area (Å²) in [5.74, 6) is 0.431. The van der Waals surface area contributed by atoms with Gasteiger partial charge in [0.2, 0.25) is 0 Å². The average molecular weight is 260 g/mol. The van der Waals surface area contributed by atoms with Crippen molar-refractivity contribution in [3.63, 3.8) is 0 Å². The van der Waals surface area contributed by atoms with Gasteiger partial charge in [0.25, 0.3) is 0 Å². The summed E-state index contributed by atoms with van der Waals surface area (Å²) in [4.78, 5) is 5.19. The molecule has 3 rings (SSSR count). The lowest BCUT2D eigenvalue weighted by Crippen LogP contribution is -2.58. The van der Waals surface area contributed by atoms with Crippen LogP contribution in [0.25, 0.3) is 0 Å². The molecule has 0 radical (unpaired) electrons.